The smallest absolute Gasteiger partial charge is 0.429 e. The van der Waals surface area contributed by atoms with Gasteiger partial charge < -0.3 is 14.9 Å². The molecule has 1 aromatic carbocycles. The summed E-state index contributed by atoms with van der Waals surface area (Å²) in [5.74, 6) is 0.112. The van der Waals surface area contributed by atoms with Gasteiger partial charge in [0.15, 0.2) is 0 Å². The summed E-state index contributed by atoms with van der Waals surface area (Å²) in [5.41, 5.74) is 0.764. The van der Waals surface area contributed by atoms with Gasteiger partial charge >= 0.3 is 7.69 Å². The molecule has 1 radical (unpaired) electrons. The summed E-state index contributed by atoms with van der Waals surface area (Å²) in [7, 11) is 0. The SMILES string of the molecule is CC(C)N(C(=O)c1ccccc1)C(C)C.O[B]O. The van der Waals surface area contributed by atoms with Crippen molar-refractivity contribution >= 4 is 13.6 Å². The summed E-state index contributed by atoms with van der Waals surface area (Å²) in [6.07, 6.45) is 0. The Morgan fingerprint density at radius 3 is 1.78 bits per heavy atom. The normalized spacial score (nSPS) is 9.78. The molecule has 1 rings (SSSR count). The van der Waals surface area contributed by atoms with Crippen LogP contribution in [-0.4, -0.2) is 40.6 Å². The average molecular weight is 250 g/mol. The number of hydrogen-bond acceptors (Lipinski definition) is 3. The van der Waals surface area contributed by atoms with Crippen molar-refractivity contribution in [1.29, 1.82) is 0 Å². The van der Waals surface area contributed by atoms with Gasteiger partial charge in [-0.05, 0) is 39.8 Å². The molecule has 0 aliphatic heterocycles. The molecule has 0 heterocycles. The minimum Gasteiger partial charge on any atom is -0.429 e. The molecule has 1 amide bonds. The van der Waals surface area contributed by atoms with Crippen LogP contribution in [0.15, 0.2) is 30.3 Å². The Hall–Kier alpha value is -1.33. The van der Waals surface area contributed by atoms with E-state index in [1.807, 2.05) is 62.9 Å². The second kappa shape index (κ2) is 8.72. The molecule has 18 heavy (non-hydrogen) atoms. The van der Waals surface area contributed by atoms with Gasteiger partial charge in [0.1, 0.15) is 0 Å². The van der Waals surface area contributed by atoms with E-state index >= 15 is 0 Å². The lowest BCUT2D eigenvalue weighted by molar-refractivity contribution is 0.0643. The quantitative estimate of drug-likeness (QED) is 0.798. The lowest BCUT2D eigenvalue weighted by atomic mass is 10.1. The van der Waals surface area contributed by atoms with Gasteiger partial charge in [0.2, 0.25) is 0 Å². The molecule has 0 aliphatic rings. The van der Waals surface area contributed by atoms with Crippen LogP contribution in [0.4, 0.5) is 0 Å². The molecule has 4 nitrogen and oxygen atoms in total. The van der Waals surface area contributed by atoms with Crippen LogP contribution in [0.5, 0.6) is 0 Å². The fraction of sp³-hybridized carbons (Fsp3) is 0.462. The fourth-order valence-corrected chi connectivity index (χ4v) is 1.80. The largest absolute Gasteiger partial charge is 0.482 e. The highest BCUT2D eigenvalue weighted by Gasteiger charge is 2.20. The van der Waals surface area contributed by atoms with E-state index in [1.54, 1.807) is 0 Å². The van der Waals surface area contributed by atoms with E-state index in [-0.39, 0.29) is 25.7 Å². The molecule has 0 bridgehead atoms. The summed E-state index contributed by atoms with van der Waals surface area (Å²) >= 11 is 0. The summed E-state index contributed by atoms with van der Waals surface area (Å²) in [4.78, 5) is 14.1. The highest BCUT2D eigenvalue weighted by atomic mass is 16.4. The van der Waals surface area contributed by atoms with Crippen molar-refractivity contribution in [3.63, 3.8) is 0 Å². The molecule has 1 aromatic rings. The molecule has 0 saturated heterocycles. The maximum Gasteiger partial charge on any atom is 0.482 e. The number of benzene rings is 1. The van der Waals surface area contributed by atoms with Crippen molar-refractivity contribution < 1.29 is 14.8 Å². The number of amides is 1. The van der Waals surface area contributed by atoms with Crippen molar-refractivity contribution in [1.82, 2.24) is 4.90 Å². The molecular formula is C13H21BNO3. The van der Waals surface area contributed by atoms with E-state index in [0.29, 0.717) is 0 Å². The topological polar surface area (TPSA) is 60.8 Å². The van der Waals surface area contributed by atoms with Crippen molar-refractivity contribution in [3.8, 4) is 0 Å². The van der Waals surface area contributed by atoms with E-state index in [9.17, 15) is 4.79 Å². The van der Waals surface area contributed by atoms with Crippen LogP contribution in [0.3, 0.4) is 0 Å². The average Bonchev–Trinajstić information content (AvgIpc) is 2.30. The Labute approximate surface area is 110 Å². The number of carbonyl (C=O) groups excluding carboxylic acids is 1. The van der Waals surface area contributed by atoms with Gasteiger partial charge in [0.05, 0.1) is 0 Å². The number of nitrogens with zero attached hydrogens (tertiary/aromatic N) is 1. The third kappa shape index (κ3) is 5.34. The van der Waals surface area contributed by atoms with Crippen LogP contribution in [0.1, 0.15) is 38.1 Å². The summed E-state index contributed by atoms with van der Waals surface area (Å²) in [6, 6.07) is 9.90. The van der Waals surface area contributed by atoms with Crippen molar-refractivity contribution in [3.05, 3.63) is 35.9 Å². The molecule has 2 N–H and O–H groups in total. The van der Waals surface area contributed by atoms with E-state index in [1.165, 1.54) is 0 Å². The van der Waals surface area contributed by atoms with E-state index < -0.39 is 0 Å². The van der Waals surface area contributed by atoms with Crippen LogP contribution in [-0.2, 0) is 0 Å². The predicted molar refractivity (Wildman–Crippen MR) is 73.1 cm³/mol. The second-order valence-electron chi connectivity index (χ2n) is 4.38. The molecule has 99 valence electrons. The van der Waals surface area contributed by atoms with Gasteiger partial charge in [-0.1, -0.05) is 18.2 Å². The first-order chi connectivity index (χ1) is 8.45. The van der Waals surface area contributed by atoms with Gasteiger partial charge in [-0.15, -0.1) is 0 Å². The van der Waals surface area contributed by atoms with Gasteiger partial charge in [-0.2, -0.15) is 0 Å². The second-order valence-corrected chi connectivity index (χ2v) is 4.38. The molecule has 5 heteroatoms. The van der Waals surface area contributed by atoms with Gasteiger partial charge in [-0.25, -0.2) is 0 Å². The number of carbonyl (C=O) groups is 1. The van der Waals surface area contributed by atoms with Gasteiger partial charge in [0, 0.05) is 17.6 Å². The van der Waals surface area contributed by atoms with E-state index in [0.717, 1.165) is 5.56 Å². The minimum absolute atomic E-state index is 0. The van der Waals surface area contributed by atoms with Gasteiger partial charge in [0.25, 0.3) is 5.91 Å². The molecule has 0 fully saturated rings. The van der Waals surface area contributed by atoms with E-state index in [2.05, 4.69) is 0 Å². The third-order valence-corrected chi connectivity index (χ3v) is 2.37. The predicted octanol–water partition coefficient (Wildman–Crippen LogP) is 1.45. The van der Waals surface area contributed by atoms with Crippen molar-refractivity contribution in [2.24, 2.45) is 0 Å². The van der Waals surface area contributed by atoms with Crippen LogP contribution in [0.2, 0.25) is 0 Å². The number of hydrogen-bond donors (Lipinski definition) is 2. The number of rotatable bonds is 3. The zero-order valence-corrected chi connectivity index (χ0v) is 11.4. The monoisotopic (exact) mass is 250 g/mol. The maximum absolute atomic E-state index is 12.2. The highest BCUT2D eigenvalue weighted by Crippen LogP contribution is 2.11. The summed E-state index contributed by atoms with van der Waals surface area (Å²) in [5, 5.41) is 14.0. The van der Waals surface area contributed by atoms with Crippen LogP contribution in [0, 0.1) is 0 Å². The molecular weight excluding hydrogens is 229 g/mol. The Morgan fingerprint density at radius 1 is 1.06 bits per heavy atom. The Morgan fingerprint density at radius 2 is 1.44 bits per heavy atom. The van der Waals surface area contributed by atoms with E-state index in [4.69, 9.17) is 10.0 Å². The van der Waals surface area contributed by atoms with Crippen LogP contribution < -0.4 is 0 Å². The molecule has 0 atom stereocenters. The van der Waals surface area contributed by atoms with Crippen LogP contribution >= 0.6 is 0 Å². The summed E-state index contributed by atoms with van der Waals surface area (Å²) < 4.78 is 0. The molecule has 0 saturated carbocycles. The Balaban J connectivity index is 0.000000873. The van der Waals surface area contributed by atoms with Crippen molar-refractivity contribution in [2.45, 2.75) is 39.8 Å². The first-order valence-electron chi connectivity index (χ1n) is 5.93. The van der Waals surface area contributed by atoms with Gasteiger partial charge in [-0.3, -0.25) is 4.79 Å². The van der Waals surface area contributed by atoms with Crippen LogP contribution in [0.25, 0.3) is 0 Å². The summed E-state index contributed by atoms with van der Waals surface area (Å²) in [6.45, 7) is 8.17. The Bertz CT molecular complexity index is 333. The fourth-order valence-electron chi connectivity index (χ4n) is 1.80. The lowest BCUT2D eigenvalue weighted by Crippen LogP contribution is -2.42. The third-order valence-electron chi connectivity index (χ3n) is 2.37. The van der Waals surface area contributed by atoms with Crippen molar-refractivity contribution in [2.75, 3.05) is 0 Å². The maximum atomic E-state index is 12.2. The first kappa shape index (κ1) is 16.7. The Kier molecular flexibility index (Phi) is 8.08. The zero-order chi connectivity index (χ0) is 14.1. The zero-order valence-electron chi connectivity index (χ0n) is 11.4. The molecule has 0 aliphatic carbocycles. The highest BCUT2D eigenvalue weighted by molar-refractivity contribution is 6.13. The molecule has 0 unspecified atom stereocenters. The minimum atomic E-state index is 0. The molecule has 0 spiro atoms. The first-order valence-corrected chi connectivity index (χ1v) is 5.93. The molecule has 0 aromatic heterocycles. The lowest BCUT2D eigenvalue weighted by Gasteiger charge is -2.30. The standard InChI is InChI=1S/C13H19NO.BH2O2/c1-10(2)14(11(3)4)13(15)12-8-6-5-7-9-12;2-1-3/h5-11H,1-4H3;2-3H.